The molecule has 1 heterocycles. The lowest BCUT2D eigenvalue weighted by atomic mass is 10.1. The van der Waals surface area contributed by atoms with Gasteiger partial charge in [0, 0.05) is 25.5 Å². The molecule has 0 aliphatic carbocycles. The van der Waals surface area contributed by atoms with Crippen molar-refractivity contribution in [1.29, 1.82) is 0 Å². The lowest BCUT2D eigenvalue weighted by Crippen LogP contribution is -2.36. The topological polar surface area (TPSA) is 79.7 Å². The standard InChI is InChI=1S/C26H28N2O4S/c1-3-26(23-11-13-24(32-2)14-12-23)33(30,31)28(19-6-20-29)25-8-5-4-7-22(25)10-9-21-15-17-27-18-16-21/h3-5,7-18,26,29H,1,6,19-20H2,2H3. The fourth-order valence-electron chi connectivity index (χ4n) is 3.48. The highest BCUT2D eigenvalue weighted by Crippen LogP contribution is 2.34. The van der Waals surface area contributed by atoms with E-state index in [0.29, 0.717) is 23.4 Å². The van der Waals surface area contributed by atoms with E-state index in [-0.39, 0.29) is 13.2 Å². The lowest BCUT2D eigenvalue weighted by molar-refractivity contribution is 0.291. The van der Waals surface area contributed by atoms with E-state index < -0.39 is 15.3 Å². The molecular formula is C26H28N2O4S. The zero-order valence-electron chi connectivity index (χ0n) is 18.5. The van der Waals surface area contributed by atoms with Crippen LogP contribution in [0.2, 0.25) is 0 Å². The summed E-state index contributed by atoms with van der Waals surface area (Å²) in [7, 11) is -2.34. The Morgan fingerprint density at radius 1 is 1.06 bits per heavy atom. The molecule has 1 aromatic heterocycles. The van der Waals surface area contributed by atoms with Crippen LogP contribution < -0.4 is 9.04 Å². The number of para-hydroxylation sites is 1. The van der Waals surface area contributed by atoms with E-state index in [9.17, 15) is 13.5 Å². The molecule has 172 valence electrons. The number of nitrogens with zero attached hydrogens (tertiary/aromatic N) is 2. The Balaban J connectivity index is 2.04. The average Bonchev–Trinajstić information content (AvgIpc) is 2.85. The largest absolute Gasteiger partial charge is 0.497 e. The Bertz CT molecular complexity index is 1180. The van der Waals surface area contributed by atoms with Gasteiger partial charge in [0.15, 0.2) is 0 Å². The van der Waals surface area contributed by atoms with Gasteiger partial charge in [-0.05, 0) is 53.4 Å². The van der Waals surface area contributed by atoms with E-state index in [2.05, 4.69) is 11.6 Å². The number of methoxy groups -OCH3 is 1. The van der Waals surface area contributed by atoms with Crippen molar-refractivity contribution in [3.05, 3.63) is 102 Å². The van der Waals surface area contributed by atoms with Gasteiger partial charge >= 0.3 is 0 Å². The molecule has 33 heavy (non-hydrogen) atoms. The average molecular weight is 465 g/mol. The van der Waals surface area contributed by atoms with Gasteiger partial charge in [-0.2, -0.15) is 0 Å². The van der Waals surface area contributed by atoms with Gasteiger partial charge in [0.2, 0.25) is 10.0 Å². The van der Waals surface area contributed by atoms with Gasteiger partial charge in [-0.25, -0.2) is 8.42 Å². The fraction of sp³-hybridized carbons (Fsp3) is 0.192. The summed E-state index contributed by atoms with van der Waals surface area (Å²) in [5.41, 5.74) is 2.82. The third-order valence-corrected chi connectivity index (χ3v) is 7.27. The number of hydrogen-bond donors (Lipinski definition) is 1. The summed E-state index contributed by atoms with van der Waals surface area (Å²) in [6, 6.07) is 18.0. The number of sulfonamides is 1. The molecule has 0 amide bonds. The van der Waals surface area contributed by atoms with Crippen LogP contribution in [0, 0.1) is 0 Å². The van der Waals surface area contributed by atoms with Crippen molar-refractivity contribution in [2.45, 2.75) is 11.7 Å². The van der Waals surface area contributed by atoms with Gasteiger partial charge in [-0.15, -0.1) is 6.58 Å². The lowest BCUT2D eigenvalue weighted by Gasteiger charge is -2.29. The third kappa shape index (κ3) is 5.88. The highest BCUT2D eigenvalue weighted by molar-refractivity contribution is 7.93. The summed E-state index contributed by atoms with van der Waals surface area (Å²) in [6.45, 7) is 3.81. The highest BCUT2D eigenvalue weighted by atomic mass is 32.2. The molecule has 0 radical (unpaired) electrons. The number of aliphatic hydroxyl groups excluding tert-OH is 1. The molecule has 7 heteroatoms. The van der Waals surface area contributed by atoms with E-state index in [4.69, 9.17) is 4.74 Å². The van der Waals surface area contributed by atoms with Crippen molar-refractivity contribution in [1.82, 2.24) is 4.98 Å². The van der Waals surface area contributed by atoms with Gasteiger partial charge in [-0.3, -0.25) is 9.29 Å². The normalized spacial score (nSPS) is 12.4. The molecule has 0 aliphatic heterocycles. The minimum atomic E-state index is -3.90. The van der Waals surface area contributed by atoms with Gasteiger partial charge in [0.1, 0.15) is 11.0 Å². The second-order valence-electron chi connectivity index (χ2n) is 7.30. The molecule has 6 nitrogen and oxygen atoms in total. The monoisotopic (exact) mass is 464 g/mol. The number of rotatable bonds is 11. The van der Waals surface area contributed by atoms with E-state index in [1.54, 1.807) is 55.9 Å². The molecule has 0 bridgehead atoms. The van der Waals surface area contributed by atoms with E-state index in [1.807, 2.05) is 36.4 Å². The van der Waals surface area contributed by atoms with E-state index >= 15 is 0 Å². The van der Waals surface area contributed by atoms with Crippen LogP contribution in [0.4, 0.5) is 5.69 Å². The van der Waals surface area contributed by atoms with Crippen molar-refractivity contribution in [2.75, 3.05) is 24.6 Å². The predicted octanol–water partition coefficient (Wildman–Crippen LogP) is 4.71. The summed E-state index contributed by atoms with van der Waals surface area (Å²) in [6.07, 6.45) is 8.92. The fourth-order valence-corrected chi connectivity index (χ4v) is 5.32. The van der Waals surface area contributed by atoms with Crippen LogP contribution in [0.25, 0.3) is 12.2 Å². The number of aliphatic hydroxyl groups is 1. The van der Waals surface area contributed by atoms with Crippen LogP contribution in [0.15, 0.2) is 85.7 Å². The molecule has 0 fully saturated rings. The van der Waals surface area contributed by atoms with Crippen molar-refractivity contribution >= 4 is 27.9 Å². The Morgan fingerprint density at radius 2 is 1.76 bits per heavy atom. The minimum absolute atomic E-state index is 0.123. The SMILES string of the molecule is C=CC(c1ccc(OC)cc1)S(=O)(=O)N(CCCO)c1ccccc1C=Cc1ccncc1. The molecule has 3 rings (SSSR count). The van der Waals surface area contributed by atoms with Crippen molar-refractivity contribution in [3.8, 4) is 5.75 Å². The quantitative estimate of drug-likeness (QED) is 0.416. The number of hydrogen-bond acceptors (Lipinski definition) is 5. The predicted molar refractivity (Wildman–Crippen MR) is 134 cm³/mol. The van der Waals surface area contributed by atoms with Crippen molar-refractivity contribution < 1.29 is 18.3 Å². The first-order valence-electron chi connectivity index (χ1n) is 10.6. The van der Waals surface area contributed by atoms with E-state index in [1.165, 1.54) is 10.4 Å². The zero-order chi connectivity index (χ0) is 23.7. The molecule has 1 N–H and O–H groups in total. The Hall–Kier alpha value is -3.42. The number of benzene rings is 2. The van der Waals surface area contributed by atoms with Crippen LogP contribution in [-0.4, -0.2) is 38.8 Å². The van der Waals surface area contributed by atoms with Crippen LogP contribution in [0.3, 0.4) is 0 Å². The smallest absolute Gasteiger partial charge is 0.245 e. The zero-order valence-corrected chi connectivity index (χ0v) is 19.4. The number of pyridine rings is 1. The minimum Gasteiger partial charge on any atom is -0.497 e. The second kappa shape index (κ2) is 11.4. The highest BCUT2D eigenvalue weighted by Gasteiger charge is 2.32. The third-order valence-electron chi connectivity index (χ3n) is 5.17. The number of anilines is 1. The molecular weight excluding hydrogens is 436 g/mol. The summed E-state index contributed by atoms with van der Waals surface area (Å²) in [5, 5.41) is 8.49. The molecule has 1 atom stereocenters. The summed E-state index contributed by atoms with van der Waals surface area (Å²) in [4.78, 5) is 4.02. The Labute approximate surface area is 195 Å². The molecule has 0 aliphatic rings. The van der Waals surface area contributed by atoms with Crippen molar-refractivity contribution in [2.24, 2.45) is 0 Å². The molecule has 0 spiro atoms. The molecule has 0 saturated carbocycles. The van der Waals surface area contributed by atoms with E-state index in [0.717, 1.165) is 11.1 Å². The van der Waals surface area contributed by atoms with Crippen molar-refractivity contribution in [3.63, 3.8) is 0 Å². The van der Waals surface area contributed by atoms with Gasteiger partial charge in [-0.1, -0.05) is 48.6 Å². The summed E-state index contributed by atoms with van der Waals surface area (Å²) < 4.78 is 34.3. The second-order valence-corrected chi connectivity index (χ2v) is 9.27. The van der Waals surface area contributed by atoms with Crippen LogP contribution >= 0.6 is 0 Å². The summed E-state index contributed by atoms with van der Waals surface area (Å²) in [5.74, 6) is 0.641. The molecule has 1 unspecified atom stereocenters. The molecule has 0 saturated heterocycles. The first-order chi connectivity index (χ1) is 16.0. The number of aromatic nitrogens is 1. The first kappa shape index (κ1) is 24.2. The first-order valence-corrected chi connectivity index (χ1v) is 12.1. The maximum absolute atomic E-state index is 13.9. The Morgan fingerprint density at radius 3 is 2.39 bits per heavy atom. The summed E-state index contributed by atoms with van der Waals surface area (Å²) >= 11 is 0. The van der Waals surface area contributed by atoms with Gasteiger partial charge in [0.25, 0.3) is 0 Å². The maximum Gasteiger partial charge on any atom is 0.245 e. The molecule has 2 aromatic carbocycles. The maximum atomic E-state index is 13.9. The number of ether oxygens (including phenoxy) is 1. The van der Waals surface area contributed by atoms with Gasteiger partial charge < -0.3 is 9.84 Å². The van der Waals surface area contributed by atoms with Crippen LogP contribution in [-0.2, 0) is 10.0 Å². The van der Waals surface area contributed by atoms with Crippen LogP contribution in [0.1, 0.15) is 28.4 Å². The molecule has 3 aromatic rings. The van der Waals surface area contributed by atoms with Crippen LogP contribution in [0.5, 0.6) is 5.75 Å². The van der Waals surface area contributed by atoms with Gasteiger partial charge in [0.05, 0.1) is 12.8 Å². The Kier molecular flexibility index (Phi) is 8.40.